The first-order chi connectivity index (χ1) is 5.16. The second-order valence-electron chi connectivity index (χ2n) is 4.88. The second kappa shape index (κ2) is 2.22. The maximum atomic E-state index is 9.12. The fourth-order valence-electron chi connectivity index (χ4n) is 3.18. The van der Waals surface area contributed by atoms with Crippen LogP contribution in [0.15, 0.2) is 0 Å². The van der Waals surface area contributed by atoms with E-state index in [0.29, 0.717) is 17.9 Å². The summed E-state index contributed by atoms with van der Waals surface area (Å²) in [6.07, 6.45) is 4.02. The van der Waals surface area contributed by atoms with Gasteiger partial charge in [-0.15, -0.1) is 0 Å². The van der Waals surface area contributed by atoms with Crippen molar-refractivity contribution in [1.29, 1.82) is 0 Å². The van der Waals surface area contributed by atoms with Gasteiger partial charge in [0.2, 0.25) is 0 Å². The Bertz CT molecular complexity index is 160. The molecule has 1 N–H and O–H groups in total. The molecule has 64 valence electrons. The van der Waals surface area contributed by atoms with E-state index in [1.54, 1.807) is 0 Å². The van der Waals surface area contributed by atoms with E-state index in [2.05, 4.69) is 13.8 Å². The van der Waals surface area contributed by atoms with E-state index in [0.717, 1.165) is 11.8 Å². The fourth-order valence-corrected chi connectivity index (χ4v) is 3.18. The number of aliphatic hydroxyl groups excluding tert-OH is 1. The fraction of sp³-hybridized carbons (Fsp3) is 1.00. The topological polar surface area (TPSA) is 20.2 Å². The SMILES string of the molecule is CC1(C)C2CC[C@H](CO)[C@H]1C2. The van der Waals surface area contributed by atoms with Crippen molar-refractivity contribution in [2.75, 3.05) is 6.61 Å². The number of hydrogen-bond donors (Lipinski definition) is 1. The summed E-state index contributed by atoms with van der Waals surface area (Å²) in [5.74, 6) is 2.41. The van der Waals surface area contributed by atoms with Gasteiger partial charge in [0.25, 0.3) is 0 Å². The van der Waals surface area contributed by atoms with Gasteiger partial charge in [0.15, 0.2) is 0 Å². The molecular formula is C10H18O. The van der Waals surface area contributed by atoms with E-state index in [1.807, 2.05) is 0 Å². The third kappa shape index (κ3) is 0.868. The van der Waals surface area contributed by atoms with E-state index in [9.17, 15) is 0 Å². The van der Waals surface area contributed by atoms with Crippen LogP contribution < -0.4 is 0 Å². The predicted octanol–water partition coefficient (Wildman–Crippen LogP) is 2.05. The first-order valence-electron chi connectivity index (χ1n) is 4.77. The highest BCUT2D eigenvalue weighted by Crippen LogP contribution is 2.61. The van der Waals surface area contributed by atoms with Crippen LogP contribution in [0.25, 0.3) is 0 Å². The van der Waals surface area contributed by atoms with Gasteiger partial charge in [-0.1, -0.05) is 13.8 Å². The normalized spacial score (nSPS) is 46.6. The molecule has 11 heavy (non-hydrogen) atoms. The number of fused-ring (bicyclic) bond motifs is 2. The van der Waals surface area contributed by atoms with Crippen molar-refractivity contribution in [2.24, 2.45) is 23.2 Å². The Morgan fingerprint density at radius 3 is 2.45 bits per heavy atom. The molecule has 0 radical (unpaired) electrons. The van der Waals surface area contributed by atoms with Crippen LogP contribution in [0, 0.1) is 23.2 Å². The molecule has 0 aromatic rings. The molecule has 0 aromatic carbocycles. The summed E-state index contributed by atoms with van der Waals surface area (Å²) in [7, 11) is 0. The van der Waals surface area contributed by atoms with Crippen LogP contribution >= 0.6 is 0 Å². The molecule has 3 aliphatic rings. The molecule has 0 aliphatic heterocycles. The molecule has 3 rings (SSSR count). The largest absolute Gasteiger partial charge is 0.396 e. The zero-order valence-corrected chi connectivity index (χ0v) is 7.51. The third-order valence-electron chi connectivity index (χ3n) is 4.24. The van der Waals surface area contributed by atoms with Crippen molar-refractivity contribution < 1.29 is 5.11 Å². The first-order valence-corrected chi connectivity index (χ1v) is 4.77. The van der Waals surface area contributed by atoms with Crippen LogP contribution in [0.5, 0.6) is 0 Å². The van der Waals surface area contributed by atoms with E-state index in [1.165, 1.54) is 19.3 Å². The summed E-state index contributed by atoms with van der Waals surface area (Å²) in [6.45, 7) is 5.15. The third-order valence-corrected chi connectivity index (χ3v) is 4.24. The highest BCUT2D eigenvalue weighted by molar-refractivity contribution is 5.02. The lowest BCUT2D eigenvalue weighted by Gasteiger charge is -2.59. The molecule has 0 saturated heterocycles. The summed E-state index contributed by atoms with van der Waals surface area (Å²) < 4.78 is 0. The molecule has 2 bridgehead atoms. The Balaban J connectivity index is 2.10. The van der Waals surface area contributed by atoms with Crippen molar-refractivity contribution in [3.63, 3.8) is 0 Å². The molecule has 0 aromatic heterocycles. The van der Waals surface area contributed by atoms with Crippen molar-refractivity contribution >= 4 is 0 Å². The van der Waals surface area contributed by atoms with Crippen molar-refractivity contribution in [2.45, 2.75) is 33.1 Å². The average molecular weight is 154 g/mol. The highest BCUT2D eigenvalue weighted by Gasteiger charge is 2.53. The highest BCUT2D eigenvalue weighted by atomic mass is 16.3. The summed E-state index contributed by atoms with van der Waals surface area (Å²) in [6, 6.07) is 0. The van der Waals surface area contributed by atoms with E-state index < -0.39 is 0 Å². The van der Waals surface area contributed by atoms with E-state index >= 15 is 0 Å². The van der Waals surface area contributed by atoms with Gasteiger partial charge in [-0.3, -0.25) is 0 Å². The molecule has 3 aliphatic carbocycles. The van der Waals surface area contributed by atoms with Gasteiger partial charge in [-0.25, -0.2) is 0 Å². The van der Waals surface area contributed by atoms with Crippen molar-refractivity contribution in [1.82, 2.24) is 0 Å². The number of aliphatic hydroxyl groups is 1. The van der Waals surface area contributed by atoms with E-state index in [4.69, 9.17) is 5.11 Å². The molecule has 1 unspecified atom stereocenters. The van der Waals surface area contributed by atoms with Crippen LogP contribution in [0.4, 0.5) is 0 Å². The Hall–Kier alpha value is -0.0400. The molecule has 0 spiro atoms. The molecule has 1 heteroatoms. The summed E-state index contributed by atoms with van der Waals surface area (Å²) in [4.78, 5) is 0. The lowest BCUT2D eigenvalue weighted by Crippen LogP contribution is -2.53. The lowest BCUT2D eigenvalue weighted by atomic mass is 9.46. The maximum Gasteiger partial charge on any atom is 0.0462 e. The Labute approximate surface area is 68.8 Å². The molecule has 3 fully saturated rings. The van der Waals surface area contributed by atoms with Gasteiger partial charge in [0.05, 0.1) is 0 Å². The van der Waals surface area contributed by atoms with Gasteiger partial charge in [0.1, 0.15) is 0 Å². The Morgan fingerprint density at radius 2 is 2.09 bits per heavy atom. The monoisotopic (exact) mass is 154 g/mol. The van der Waals surface area contributed by atoms with Crippen molar-refractivity contribution in [3.8, 4) is 0 Å². The molecule has 1 nitrogen and oxygen atoms in total. The minimum atomic E-state index is 0.417. The summed E-state index contributed by atoms with van der Waals surface area (Å²) in [5.41, 5.74) is 0.547. The molecule has 3 atom stereocenters. The first kappa shape index (κ1) is 7.60. The molecule has 0 amide bonds. The van der Waals surface area contributed by atoms with Gasteiger partial charge < -0.3 is 5.11 Å². The van der Waals surface area contributed by atoms with Gasteiger partial charge in [0, 0.05) is 6.61 Å². The van der Waals surface area contributed by atoms with Crippen LogP contribution in [0.2, 0.25) is 0 Å². The van der Waals surface area contributed by atoms with Crippen LogP contribution in [-0.2, 0) is 0 Å². The van der Waals surface area contributed by atoms with Gasteiger partial charge in [-0.05, 0) is 42.4 Å². The minimum absolute atomic E-state index is 0.417. The van der Waals surface area contributed by atoms with Crippen LogP contribution in [-0.4, -0.2) is 11.7 Å². The van der Waals surface area contributed by atoms with Crippen LogP contribution in [0.3, 0.4) is 0 Å². The standard InChI is InChI=1S/C10H18O/c1-10(2)8-4-3-7(6-11)9(10)5-8/h7-9,11H,3-6H2,1-2H3/t7-,8?,9-/m1/s1. The number of hydrogen-bond acceptors (Lipinski definition) is 1. The second-order valence-corrected chi connectivity index (χ2v) is 4.88. The number of rotatable bonds is 1. The smallest absolute Gasteiger partial charge is 0.0462 e. The zero-order valence-electron chi connectivity index (χ0n) is 7.51. The molecule has 3 saturated carbocycles. The summed E-state index contributed by atoms with van der Waals surface area (Å²) >= 11 is 0. The van der Waals surface area contributed by atoms with Crippen molar-refractivity contribution in [3.05, 3.63) is 0 Å². The Morgan fingerprint density at radius 1 is 1.36 bits per heavy atom. The molecule has 0 heterocycles. The zero-order chi connectivity index (χ0) is 8.06. The van der Waals surface area contributed by atoms with Crippen LogP contribution in [0.1, 0.15) is 33.1 Å². The Kier molecular flexibility index (Phi) is 1.54. The average Bonchev–Trinajstić information content (AvgIpc) is 2.04. The maximum absolute atomic E-state index is 9.12. The lowest BCUT2D eigenvalue weighted by molar-refractivity contribution is -0.116. The summed E-state index contributed by atoms with van der Waals surface area (Å²) in [5, 5.41) is 9.12. The van der Waals surface area contributed by atoms with Gasteiger partial charge in [-0.2, -0.15) is 0 Å². The minimum Gasteiger partial charge on any atom is -0.396 e. The van der Waals surface area contributed by atoms with Gasteiger partial charge >= 0.3 is 0 Å². The van der Waals surface area contributed by atoms with E-state index in [-0.39, 0.29) is 0 Å². The predicted molar refractivity (Wildman–Crippen MR) is 45.2 cm³/mol. The quantitative estimate of drug-likeness (QED) is 0.613. The molecular weight excluding hydrogens is 136 g/mol.